The van der Waals surface area contributed by atoms with Crippen molar-refractivity contribution in [3.8, 4) is 5.75 Å². The van der Waals surface area contributed by atoms with Gasteiger partial charge in [0.2, 0.25) is 0 Å². The summed E-state index contributed by atoms with van der Waals surface area (Å²) >= 11 is 0. The second-order valence-corrected chi connectivity index (χ2v) is 4.78. The first-order chi connectivity index (χ1) is 8.22. The van der Waals surface area contributed by atoms with Crippen molar-refractivity contribution in [2.75, 3.05) is 13.7 Å². The summed E-state index contributed by atoms with van der Waals surface area (Å²) < 4.78 is 5.33. The van der Waals surface area contributed by atoms with Gasteiger partial charge in [0.15, 0.2) is 0 Å². The van der Waals surface area contributed by atoms with E-state index in [-0.39, 0.29) is 12.1 Å². The normalized spacial score (nSPS) is 18.8. The molecule has 0 radical (unpaired) electrons. The van der Waals surface area contributed by atoms with Crippen LogP contribution < -0.4 is 10.1 Å². The van der Waals surface area contributed by atoms with Gasteiger partial charge in [0.05, 0.1) is 13.2 Å². The second-order valence-electron chi connectivity index (χ2n) is 4.78. The zero-order valence-corrected chi connectivity index (χ0v) is 10.5. The molecule has 2 unspecified atom stereocenters. The molecule has 0 spiro atoms. The third kappa shape index (κ3) is 3.20. The molecule has 1 aromatic carbocycles. The standard InChI is InChI=1S/C14H21NO2/c1-10(15-9-13(16)11-7-8-11)12-5-3-4-6-14(12)17-2/h3-6,10-11,13,15-16H,7-9H2,1-2H3. The molecule has 2 rings (SSSR count). The molecule has 1 aliphatic rings. The van der Waals surface area contributed by atoms with Gasteiger partial charge in [-0.3, -0.25) is 0 Å². The lowest BCUT2D eigenvalue weighted by Crippen LogP contribution is -2.30. The van der Waals surface area contributed by atoms with Crippen LogP contribution in [0.15, 0.2) is 24.3 Å². The van der Waals surface area contributed by atoms with Gasteiger partial charge in [0.25, 0.3) is 0 Å². The molecule has 0 amide bonds. The number of aliphatic hydroxyl groups is 1. The maximum atomic E-state index is 9.82. The van der Waals surface area contributed by atoms with Gasteiger partial charge in [-0.15, -0.1) is 0 Å². The first-order valence-electron chi connectivity index (χ1n) is 6.26. The van der Waals surface area contributed by atoms with Gasteiger partial charge in [-0.05, 0) is 31.7 Å². The minimum absolute atomic E-state index is 0.194. The first-order valence-corrected chi connectivity index (χ1v) is 6.26. The van der Waals surface area contributed by atoms with Crippen LogP contribution in [-0.4, -0.2) is 24.9 Å². The number of methoxy groups -OCH3 is 1. The summed E-state index contributed by atoms with van der Waals surface area (Å²) in [6, 6.07) is 8.19. The minimum atomic E-state index is -0.202. The number of hydrogen-bond acceptors (Lipinski definition) is 3. The zero-order valence-electron chi connectivity index (χ0n) is 10.5. The Morgan fingerprint density at radius 3 is 2.76 bits per heavy atom. The Bertz CT molecular complexity index is 363. The molecule has 1 saturated carbocycles. The van der Waals surface area contributed by atoms with Crippen molar-refractivity contribution >= 4 is 0 Å². The Hall–Kier alpha value is -1.06. The molecule has 2 atom stereocenters. The summed E-state index contributed by atoms with van der Waals surface area (Å²) in [5.74, 6) is 1.42. The fourth-order valence-corrected chi connectivity index (χ4v) is 2.08. The third-order valence-electron chi connectivity index (χ3n) is 3.40. The number of rotatable bonds is 6. The highest BCUT2D eigenvalue weighted by Gasteiger charge is 2.29. The second kappa shape index (κ2) is 5.52. The van der Waals surface area contributed by atoms with E-state index in [1.165, 1.54) is 12.8 Å². The lowest BCUT2D eigenvalue weighted by atomic mass is 10.1. The monoisotopic (exact) mass is 235 g/mol. The van der Waals surface area contributed by atoms with Gasteiger partial charge in [-0.1, -0.05) is 18.2 Å². The lowest BCUT2D eigenvalue weighted by molar-refractivity contribution is 0.145. The van der Waals surface area contributed by atoms with E-state index >= 15 is 0 Å². The van der Waals surface area contributed by atoms with E-state index in [4.69, 9.17) is 4.74 Å². The van der Waals surface area contributed by atoms with Crippen molar-refractivity contribution in [2.24, 2.45) is 5.92 Å². The van der Waals surface area contributed by atoms with Crippen LogP contribution in [0, 0.1) is 5.92 Å². The van der Waals surface area contributed by atoms with Crippen molar-refractivity contribution in [2.45, 2.75) is 31.9 Å². The average Bonchev–Trinajstić information content (AvgIpc) is 3.19. The van der Waals surface area contributed by atoms with E-state index in [0.717, 1.165) is 11.3 Å². The number of para-hydroxylation sites is 1. The molecule has 1 fully saturated rings. The Kier molecular flexibility index (Phi) is 4.02. The quantitative estimate of drug-likeness (QED) is 0.793. The highest BCUT2D eigenvalue weighted by atomic mass is 16.5. The van der Waals surface area contributed by atoms with Crippen LogP contribution in [0.4, 0.5) is 0 Å². The molecular weight excluding hydrogens is 214 g/mol. The number of aliphatic hydroxyl groups excluding tert-OH is 1. The SMILES string of the molecule is COc1ccccc1C(C)NCC(O)C1CC1. The number of nitrogens with one attached hydrogen (secondary N) is 1. The van der Waals surface area contributed by atoms with E-state index in [9.17, 15) is 5.11 Å². The number of ether oxygens (including phenoxy) is 1. The van der Waals surface area contributed by atoms with Crippen LogP contribution >= 0.6 is 0 Å². The average molecular weight is 235 g/mol. The van der Waals surface area contributed by atoms with Crippen molar-refractivity contribution in [3.63, 3.8) is 0 Å². The maximum absolute atomic E-state index is 9.82. The van der Waals surface area contributed by atoms with E-state index < -0.39 is 0 Å². The van der Waals surface area contributed by atoms with Crippen molar-refractivity contribution in [1.82, 2.24) is 5.32 Å². The maximum Gasteiger partial charge on any atom is 0.123 e. The smallest absolute Gasteiger partial charge is 0.123 e. The molecule has 2 N–H and O–H groups in total. The van der Waals surface area contributed by atoms with Crippen molar-refractivity contribution in [3.05, 3.63) is 29.8 Å². The van der Waals surface area contributed by atoms with Gasteiger partial charge in [0, 0.05) is 18.2 Å². The first kappa shape index (κ1) is 12.4. The topological polar surface area (TPSA) is 41.5 Å². The van der Waals surface area contributed by atoms with Gasteiger partial charge in [-0.2, -0.15) is 0 Å². The lowest BCUT2D eigenvalue weighted by Gasteiger charge is -2.19. The van der Waals surface area contributed by atoms with E-state index in [0.29, 0.717) is 12.5 Å². The largest absolute Gasteiger partial charge is 0.496 e. The number of benzene rings is 1. The molecule has 0 aromatic heterocycles. The zero-order chi connectivity index (χ0) is 12.3. The Labute approximate surface area is 103 Å². The molecule has 3 nitrogen and oxygen atoms in total. The Morgan fingerprint density at radius 1 is 1.41 bits per heavy atom. The van der Waals surface area contributed by atoms with Crippen LogP contribution in [0.2, 0.25) is 0 Å². The predicted octanol–water partition coefficient (Wildman–Crippen LogP) is 2.12. The molecule has 0 aliphatic heterocycles. The summed E-state index contributed by atoms with van der Waals surface area (Å²) in [5.41, 5.74) is 1.14. The van der Waals surface area contributed by atoms with Crippen LogP contribution in [0.5, 0.6) is 5.75 Å². The molecule has 17 heavy (non-hydrogen) atoms. The molecule has 1 aliphatic carbocycles. The van der Waals surface area contributed by atoms with Gasteiger partial charge in [-0.25, -0.2) is 0 Å². The Morgan fingerprint density at radius 2 is 2.12 bits per heavy atom. The summed E-state index contributed by atoms with van der Waals surface area (Å²) in [6.45, 7) is 2.75. The summed E-state index contributed by atoms with van der Waals surface area (Å²) in [6.07, 6.45) is 2.14. The molecule has 3 heteroatoms. The highest BCUT2D eigenvalue weighted by molar-refractivity contribution is 5.35. The molecule has 94 valence electrons. The number of hydrogen-bond donors (Lipinski definition) is 2. The Balaban J connectivity index is 1.91. The van der Waals surface area contributed by atoms with Gasteiger partial charge < -0.3 is 15.2 Å². The van der Waals surface area contributed by atoms with E-state index in [1.54, 1.807) is 7.11 Å². The highest BCUT2D eigenvalue weighted by Crippen LogP contribution is 2.32. The minimum Gasteiger partial charge on any atom is -0.496 e. The predicted molar refractivity (Wildman–Crippen MR) is 68.1 cm³/mol. The summed E-state index contributed by atoms with van der Waals surface area (Å²) in [4.78, 5) is 0. The molecule has 0 heterocycles. The van der Waals surface area contributed by atoms with E-state index in [1.807, 2.05) is 18.2 Å². The molecular formula is C14H21NO2. The van der Waals surface area contributed by atoms with Gasteiger partial charge in [0.1, 0.15) is 5.75 Å². The molecule has 1 aromatic rings. The summed E-state index contributed by atoms with van der Waals surface area (Å²) in [7, 11) is 1.69. The summed E-state index contributed by atoms with van der Waals surface area (Å²) in [5, 5.41) is 13.2. The molecule has 0 bridgehead atoms. The van der Waals surface area contributed by atoms with E-state index in [2.05, 4.69) is 18.3 Å². The van der Waals surface area contributed by atoms with Crippen LogP contribution in [0.1, 0.15) is 31.4 Å². The van der Waals surface area contributed by atoms with Crippen molar-refractivity contribution in [1.29, 1.82) is 0 Å². The van der Waals surface area contributed by atoms with Crippen LogP contribution in [0.3, 0.4) is 0 Å². The fraction of sp³-hybridized carbons (Fsp3) is 0.571. The fourth-order valence-electron chi connectivity index (χ4n) is 2.08. The van der Waals surface area contributed by atoms with Gasteiger partial charge >= 0.3 is 0 Å². The van der Waals surface area contributed by atoms with Crippen LogP contribution in [-0.2, 0) is 0 Å². The van der Waals surface area contributed by atoms with Crippen molar-refractivity contribution < 1.29 is 9.84 Å². The van der Waals surface area contributed by atoms with Crippen LogP contribution in [0.25, 0.3) is 0 Å². The third-order valence-corrected chi connectivity index (χ3v) is 3.40. The molecule has 0 saturated heterocycles.